The Labute approximate surface area is 184 Å². The van der Waals surface area contributed by atoms with Gasteiger partial charge in [-0.1, -0.05) is 39.7 Å². The summed E-state index contributed by atoms with van der Waals surface area (Å²) in [5, 5.41) is 6.64. The van der Waals surface area contributed by atoms with Crippen LogP contribution in [0.25, 0.3) is 0 Å². The van der Waals surface area contributed by atoms with Crippen molar-refractivity contribution in [1.29, 1.82) is 0 Å². The summed E-state index contributed by atoms with van der Waals surface area (Å²) >= 11 is 9.28. The molecule has 0 unspecified atom stereocenters. The van der Waals surface area contributed by atoms with E-state index in [-0.39, 0.29) is 24.3 Å². The van der Waals surface area contributed by atoms with Gasteiger partial charge in [-0.25, -0.2) is 0 Å². The van der Waals surface area contributed by atoms with Crippen LogP contribution in [0.4, 0.5) is 0 Å². The molecule has 5 nitrogen and oxygen atoms in total. The molecule has 0 bridgehead atoms. The number of carbonyl (C=O) groups is 2. The van der Waals surface area contributed by atoms with Crippen molar-refractivity contribution in [2.45, 2.75) is 31.8 Å². The molecule has 3 rings (SSSR count). The SMILES string of the molecule is O=C(CCNC(=O)c1ccc(Br)cc1)NC1CCN(Cc2ccc(Cl)cc2)CC1. The number of hydrogen-bond donors (Lipinski definition) is 2. The van der Waals surface area contributed by atoms with Crippen LogP contribution in [0.15, 0.2) is 53.0 Å². The second-order valence-electron chi connectivity index (χ2n) is 7.26. The average molecular weight is 479 g/mol. The van der Waals surface area contributed by atoms with Crippen LogP contribution < -0.4 is 10.6 Å². The van der Waals surface area contributed by atoms with Gasteiger partial charge < -0.3 is 10.6 Å². The van der Waals surface area contributed by atoms with Crippen molar-refractivity contribution in [3.63, 3.8) is 0 Å². The van der Waals surface area contributed by atoms with Crippen LogP contribution in [-0.2, 0) is 11.3 Å². The summed E-state index contributed by atoms with van der Waals surface area (Å²) in [6.07, 6.45) is 2.16. The topological polar surface area (TPSA) is 61.4 Å². The molecule has 2 N–H and O–H groups in total. The molecule has 0 aromatic heterocycles. The molecule has 0 spiro atoms. The molecule has 2 aromatic carbocycles. The molecule has 2 amide bonds. The lowest BCUT2D eigenvalue weighted by molar-refractivity contribution is -0.122. The van der Waals surface area contributed by atoms with E-state index < -0.39 is 0 Å². The summed E-state index contributed by atoms with van der Waals surface area (Å²) in [6, 6.07) is 15.3. The molecule has 0 atom stereocenters. The van der Waals surface area contributed by atoms with Crippen LogP contribution in [0.5, 0.6) is 0 Å². The normalized spacial score (nSPS) is 15.1. The maximum atomic E-state index is 12.2. The highest BCUT2D eigenvalue weighted by atomic mass is 79.9. The quantitative estimate of drug-likeness (QED) is 0.632. The van der Waals surface area contributed by atoms with Gasteiger partial charge in [-0.15, -0.1) is 0 Å². The van der Waals surface area contributed by atoms with Crippen molar-refractivity contribution < 1.29 is 9.59 Å². The summed E-state index contributed by atoms with van der Waals surface area (Å²) in [7, 11) is 0. The Morgan fingerprint density at radius 2 is 1.69 bits per heavy atom. The van der Waals surface area contributed by atoms with Crippen molar-refractivity contribution in [3.05, 3.63) is 69.2 Å². The second kappa shape index (κ2) is 10.8. The largest absolute Gasteiger partial charge is 0.353 e. The van der Waals surface area contributed by atoms with Crippen molar-refractivity contribution in [3.8, 4) is 0 Å². The van der Waals surface area contributed by atoms with E-state index in [4.69, 9.17) is 11.6 Å². The number of nitrogens with zero attached hydrogens (tertiary/aromatic N) is 1. The van der Waals surface area contributed by atoms with Gasteiger partial charge in [-0.3, -0.25) is 14.5 Å². The molecule has 2 aromatic rings. The molecule has 1 aliphatic heterocycles. The van der Waals surface area contributed by atoms with E-state index in [9.17, 15) is 9.59 Å². The molecule has 0 saturated carbocycles. The third kappa shape index (κ3) is 7.14. The first kappa shape index (κ1) is 21.8. The molecule has 1 heterocycles. The van der Waals surface area contributed by atoms with E-state index in [1.165, 1.54) is 5.56 Å². The van der Waals surface area contributed by atoms with E-state index in [1.54, 1.807) is 12.1 Å². The smallest absolute Gasteiger partial charge is 0.251 e. The Kier molecular flexibility index (Phi) is 8.09. The molecule has 1 fully saturated rings. The highest BCUT2D eigenvalue weighted by Crippen LogP contribution is 2.16. The third-order valence-corrected chi connectivity index (χ3v) is 5.80. The molecule has 0 aliphatic carbocycles. The van der Waals surface area contributed by atoms with E-state index in [2.05, 4.69) is 43.6 Å². The highest BCUT2D eigenvalue weighted by Gasteiger charge is 2.20. The van der Waals surface area contributed by atoms with Gasteiger partial charge in [0.2, 0.25) is 5.91 Å². The first-order valence-electron chi connectivity index (χ1n) is 9.79. The molecular weight excluding hydrogens is 454 g/mol. The van der Waals surface area contributed by atoms with Crippen LogP contribution >= 0.6 is 27.5 Å². The lowest BCUT2D eigenvalue weighted by Gasteiger charge is -2.32. The number of halogens is 2. The van der Waals surface area contributed by atoms with Crippen molar-refractivity contribution in [2.75, 3.05) is 19.6 Å². The van der Waals surface area contributed by atoms with Crippen molar-refractivity contribution in [2.24, 2.45) is 0 Å². The number of nitrogens with one attached hydrogen (secondary N) is 2. The molecule has 29 heavy (non-hydrogen) atoms. The minimum Gasteiger partial charge on any atom is -0.353 e. The average Bonchev–Trinajstić information content (AvgIpc) is 2.71. The Hall–Kier alpha value is -1.89. The molecule has 7 heteroatoms. The molecule has 154 valence electrons. The summed E-state index contributed by atoms with van der Waals surface area (Å²) in [4.78, 5) is 26.6. The van der Waals surface area contributed by atoms with Gasteiger partial charge in [0, 0.05) is 53.7 Å². The predicted octanol–water partition coefficient (Wildman–Crippen LogP) is 4.00. The van der Waals surface area contributed by atoms with E-state index >= 15 is 0 Å². The monoisotopic (exact) mass is 477 g/mol. The Morgan fingerprint density at radius 1 is 1.03 bits per heavy atom. The number of amides is 2. The summed E-state index contributed by atoms with van der Waals surface area (Å²) in [5.41, 5.74) is 1.83. The van der Waals surface area contributed by atoms with Gasteiger partial charge >= 0.3 is 0 Å². The van der Waals surface area contributed by atoms with Crippen molar-refractivity contribution in [1.82, 2.24) is 15.5 Å². The molecule has 1 aliphatic rings. The fourth-order valence-corrected chi connectivity index (χ4v) is 3.77. The summed E-state index contributed by atoms with van der Waals surface area (Å²) < 4.78 is 0.924. The van der Waals surface area contributed by atoms with Gasteiger partial charge in [0.05, 0.1) is 0 Å². The minimum absolute atomic E-state index is 0.0164. The Balaban J connectivity index is 1.32. The fraction of sp³-hybridized carbons (Fsp3) is 0.364. The zero-order valence-corrected chi connectivity index (χ0v) is 18.5. The third-order valence-electron chi connectivity index (χ3n) is 5.02. The van der Waals surface area contributed by atoms with Crippen molar-refractivity contribution >= 4 is 39.3 Å². The first-order chi connectivity index (χ1) is 14.0. The van der Waals surface area contributed by atoms with E-state index in [0.29, 0.717) is 12.1 Å². The van der Waals surface area contributed by atoms with E-state index in [0.717, 1.165) is 42.0 Å². The summed E-state index contributed by atoms with van der Waals surface area (Å²) in [6.45, 7) is 3.14. The number of benzene rings is 2. The van der Waals surface area contributed by atoms with Crippen LogP contribution in [-0.4, -0.2) is 42.4 Å². The zero-order chi connectivity index (χ0) is 20.6. The maximum absolute atomic E-state index is 12.2. The molecule has 0 radical (unpaired) electrons. The van der Waals surface area contributed by atoms with E-state index in [1.807, 2.05) is 24.3 Å². The predicted molar refractivity (Wildman–Crippen MR) is 119 cm³/mol. The first-order valence-corrected chi connectivity index (χ1v) is 11.0. The standard InChI is InChI=1S/C22H25BrClN3O2/c23-18-5-3-17(4-6-18)22(29)25-12-9-21(28)26-20-10-13-27(14-11-20)15-16-1-7-19(24)8-2-16/h1-8,20H,9-15H2,(H,25,29)(H,26,28). The second-order valence-corrected chi connectivity index (χ2v) is 8.61. The van der Waals surface area contributed by atoms with Gasteiger partial charge in [0.1, 0.15) is 0 Å². The molecule has 1 saturated heterocycles. The van der Waals surface area contributed by atoms with Crippen LogP contribution in [0.1, 0.15) is 35.2 Å². The number of rotatable bonds is 7. The van der Waals surface area contributed by atoms with Gasteiger partial charge in [0.25, 0.3) is 5.91 Å². The number of piperidine rings is 1. The Bertz CT molecular complexity index is 819. The highest BCUT2D eigenvalue weighted by molar-refractivity contribution is 9.10. The fourth-order valence-electron chi connectivity index (χ4n) is 3.38. The number of hydrogen-bond acceptors (Lipinski definition) is 3. The van der Waals surface area contributed by atoms with Gasteiger partial charge in [0.15, 0.2) is 0 Å². The lowest BCUT2D eigenvalue weighted by Crippen LogP contribution is -2.45. The van der Waals surface area contributed by atoms with Crippen LogP contribution in [0.2, 0.25) is 5.02 Å². The molecular formula is C22H25BrClN3O2. The van der Waals surface area contributed by atoms with Crippen LogP contribution in [0.3, 0.4) is 0 Å². The lowest BCUT2D eigenvalue weighted by atomic mass is 10.0. The van der Waals surface area contributed by atoms with Gasteiger partial charge in [-0.2, -0.15) is 0 Å². The number of carbonyl (C=O) groups excluding carboxylic acids is 2. The van der Waals surface area contributed by atoms with Gasteiger partial charge in [-0.05, 0) is 54.8 Å². The summed E-state index contributed by atoms with van der Waals surface area (Å²) in [5.74, 6) is -0.182. The van der Waals surface area contributed by atoms with Crippen LogP contribution in [0, 0.1) is 0 Å². The maximum Gasteiger partial charge on any atom is 0.251 e. The number of likely N-dealkylation sites (tertiary alicyclic amines) is 1. The zero-order valence-electron chi connectivity index (χ0n) is 16.2. The Morgan fingerprint density at radius 3 is 2.34 bits per heavy atom. The minimum atomic E-state index is -0.166.